The lowest BCUT2D eigenvalue weighted by Crippen LogP contribution is -2.38. The van der Waals surface area contributed by atoms with Gasteiger partial charge in [-0.05, 0) is 44.9 Å². The van der Waals surface area contributed by atoms with Crippen molar-refractivity contribution < 1.29 is 27.5 Å². The fraction of sp³-hybridized carbons (Fsp3) is 0.500. The van der Waals surface area contributed by atoms with E-state index < -0.39 is 36.1 Å². The lowest BCUT2D eigenvalue weighted by molar-refractivity contribution is -0.165. The van der Waals surface area contributed by atoms with E-state index >= 15 is 0 Å². The van der Waals surface area contributed by atoms with Crippen LogP contribution in [0, 0.1) is 5.92 Å². The van der Waals surface area contributed by atoms with Gasteiger partial charge in [-0.15, -0.1) is 0 Å². The maximum Gasteiger partial charge on any atom is 0.411 e. The standard InChI is InChI=1S/C22H26BrF3N4O3/c1-21(2,3)33-20(32)30-9-8-29(13-30)12-15-5-4-14(10-17(15)22(24,25)26)19(31)28-18-11-16(23)6-7-27-18/h4-7,11,17H,8-10,12-13H2,1-3H3,(H,27,28,31). The number of alkyl halides is 3. The Balaban J connectivity index is 1.69. The quantitative estimate of drug-likeness (QED) is 0.609. The van der Waals surface area contributed by atoms with Gasteiger partial charge in [-0.2, -0.15) is 13.2 Å². The van der Waals surface area contributed by atoms with E-state index in [4.69, 9.17) is 4.74 Å². The third-order valence-electron chi connectivity index (χ3n) is 5.14. The normalized spacial score (nSPS) is 19.7. The second-order valence-corrected chi connectivity index (χ2v) is 9.90. The van der Waals surface area contributed by atoms with E-state index in [1.165, 1.54) is 23.2 Å². The van der Waals surface area contributed by atoms with Crippen LogP contribution in [0.15, 0.2) is 46.1 Å². The van der Waals surface area contributed by atoms with Gasteiger partial charge in [0.2, 0.25) is 0 Å². The summed E-state index contributed by atoms with van der Waals surface area (Å²) in [6.45, 7) is 6.31. The van der Waals surface area contributed by atoms with Gasteiger partial charge in [0.25, 0.3) is 5.91 Å². The van der Waals surface area contributed by atoms with Crippen molar-refractivity contribution in [2.45, 2.75) is 39.0 Å². The van der Waals surface area contributed by atoms with E-state index in [2.05, 4.69) is 26.2 Å². The van der Waals surface area contributed by atoms with Gasteiger partial charge in [0.05, 0.1) is 12.6 Å². The number of allylic oxidation sites excluding steroid dienone is 2. The molecule has 2 aliphatic rings. The highest BCUT2D eigenvalue weighted by Gasteiger charge is 2.44. The van der Waals surface area contributed by atoms with E-state index in [0.717, 1.165) is 0 Å². The zero-order valence-corrected chi connectivity index (χ0v) is 20.2. The van der Waals surface area contributed by atoms with Crippen molar-refractivity contribution in [1.82, 2.24) is 14.8 Å². The molecule has 0 aromatic carbocycles. The highest BCUT2D eigenvalue weighted by atomic mass is 79.9. The molecular weight excluding hydrogens is 505 g/mol. The zero-order chi connectivity index (χ0) is 24.4. The molecule has 3 rings (SSSR count). The van der Waals surface area contributed by atoms with Crippen LogP contribution in [0.2, 0.25) is 0 Å². The van der Waals surface area contributed by atoms with Crippen molar-refractivity contribution in [2.24, 2.45) is 5.92 Å². The highest BCUT2D eigenvalue weighted by molar-refractivity contribution is 9.10. The van der Waals surface area contributed by atoms with Gasteiger partial charge in [-0.1, -0.05) is 28.1 Å². The summed E-state index contributed by atoms with van der Waals surface area (Å²) in [5, 5.41) is 2.54. The summed E-state index contributed by atoms with van der Waals surface area (Å²) in [5.74, 6) is -2.16. The maximum atomic E-state index is 13.9. The molecule has 1 aromatic rings. The Morgan fingerprint density at radius 3 is 2.61 bits per heavy atom. The number of hydrogen-bond acceptors (Lipinski definition) is 5. The SMILES string of the molecule is CC(C)(C)OC(=O)N1CCN(CC2=CC=C(C(=O)Nc3cc(Br)ccn3)CC2C(F)(F)F)C1. The van der Waals surface area contributed by atoms with Gasteiger partial charge in [0.1, 0.15) is 11.4 Å². The van der Waals surface area contributed by atoms with Crippen molar-refractivity contribution in [3.63, 3.8) is 0 Å². The Kier molecular flexibility index (Phi) is 7.52. The van der Waals surface area contributed by atoms with Crippen LogP contribution in [0.1, 0.15) is 27.2 Å². The molecule has 2 heterocycles. The molecule has 180 valence electrons. The third kappa shape index (κ3) is 7.04. The second-order valence-electron chi connectivity index (χ2n) is 8.98. The minimum absolute atomic E-state index is 0.0275. The Morgan fingerprint density at radius 1 is 1.24 bits per heavy atom. The van der Waals surface area contributed by atoms with Crippen LogP contribution in [0.4, 0.5) is 23.8 Å². The Morgan fingerprint density at radius 2 is 1.97 bits per heavy atom. The molecule has 1 saturated heterocycles. The summed E-state index contributed by atoms with van der Waals surface area (Å²) in [6, 6.07) is 3.24. The predicted octanol–water partition coefficient (Wildman–Crippen LogP) is 4.73. The van der Waals surface area contributed by atoms with E-state index in [-0.39, 0.29) is 30.2 Å². The minimum atomic E-state index is -4.51. The van der Waals surface area contributed by atoms with Gasteiger partial charge in [0.15, 0.2) is 0 Å². The van der Waals surface area contributed by atoms with Crippen molar-refractivity contribution >= 4 is 33.7 Å². The first-order valence-electron chi connectivity index (χ1n) is 10.4. The third-order valence-corrected chi connectivity index (χ3v) is 5.63. The Hall–Kier alpha value is -2.40. The smallest absolute Gasteiger partial charge is 0.411 e. The van der Waals surface area contributed by atoms with Crippen LogP contribution in [0.5, 0.6) is 0 Å². The number of rotatable bonds is 4. The van der Waals surface area contributed by atoms with Crippen LogP contribution < -0.4 is 5.32 Å². The van der Waals surface area contributed by atoms with Gasteiger partial charge < -0.3 is 10.1 Å². The van der Waals surface area contributed by atoms with Gasteiger partial charge in [-0.25, -0.2) is 9.78 Å². The molecule has 1 unspecified atom stereocenters. The molecule has 0 spiro atoms. The molecule has 11 heteroatoms. The van der Waals surface area contributed by atoms with Crippen LogP contribution in [-0.4, -0.2) is 64.9 Å². The van der Waals surface area contributed by atoms with Crippen LogP contribution in [0.25, 0.3) is 0 Å². The van der Waals surface area contributed by atoms with E-state index in [1.54, 1.807) is 37.8 Å². The van der Waals surface area contributed by atoms with E-state index in [9.17, 15) is 22.8 Å². The molecule has 1 fully saturated rings. The van der Waals surface area contributed by atoms with Crippen LogP contribution >= 0.6 is 15.9 Å². The number of halogens is 4. The molecular formula is C22H26BrF3N4O3. The number of anilines is 1. The maximum absolute atomic E-state index is 13.9. The average molecular weight is 531 g/mol. The molecule has 33 heavy (non-hydrogen) atoms. The largest absolute Gasteiger partial charge is 0.444 e. The molecule has 1 aliphatic heterocycles. The van der Waals surface area contributed by atoms with Gasteiger partial charge in [-0.3, -0.25) is 14.6 Å². The Labute approximate surface area is 198 Å². The summed E-state index contributed by atoms with van der Waals surface area (Å²) in [4.78, 5) is 32.0. The summed E-state index contributed by atoms with van der Waals surface area (Å²) in [6.07, 6.45) is -1.20. The zero-order valence-electron chi connectivity index (χ0n) is 18.6. The van der Waals surface area contributed by atoms with Crippen LogP contribution in [0.3, 0.4) is 0 Å². The molecule has 0 saturated carbocycles. The molecule has 1 aromatic heterocycles. The molecule has 7 nitrogen and oxygen atoms in total. The number of aromatic nitrogens is 1. The first-order valence-corrected chi connectivity index (χ1v) is 11.2. The number of carbonyl (C=O) groups excluding carboxylic acids is 2. The average Bonchev–Trinajstić information content (AvgIpc) is 3.15. The minimum Gasteiger partial charge on any atom is -0.444 e. The van der Waals surface area contributed by atoms with Crippen molar-refractivity contribution in [2.75, 3.05) is 31.6 Å². The van der Waals surface area contributed by atoms with Gasteiger partial charge >= 0.3 is 12.3 Å². The van der Waals surface area contributed by atoms with Crippen molar-refractivity contribution in [3.8, 4) is 0 Å². The number of hydrogen-bond donors (Lipinski definition) is 1. The number of nitrogens with zero attached hydrogens (tertiary/aromatic N) is 3. The fourth-order valence-electron chi connectivity index (χ4n) is 3.58. The van der Waals surface area contributed by atoms with Gasteiger partial charge in [0, 0.05) is 35.9 Å². The first kappa shape index (κ1) is 25.2. The molecule has 0 radical (unpaired) electrons. The van der Waals surface area contributed by atoms with E-state index in [1.807, 2.05) is 0 Å². The molecule has 1 atom stereocenters. The monoisotopic (exact) mass is 530 g/mol. The number of carbonyl (C=O) groups is 2. The first-order chi connectivity index (χ1) is 15.3. The molecule has 1 aliphatic carbocycles. The van der Waals surface area contributed by atoms with Crippen LogP contribution in [-0.2, 0) is 9.53 Å². The molecule has 1 N–H and O–H groups in total. The number of amides is 2. The topological polar surface area (TPSA) is 74.8 Å². The number of ether oxygens (including phenoxy) is 1. The summed E-state index contributed by atoms with van der Waals surface area (Å²) < 4.78 is 47.6. The summed E-state index contributed by atoms with van der Waals surface area (Å²) in [7, 11) is 0. The molecule has 0 bridgehead atoms. The summed E-state index contributed by atoms with van der Waals surface area (Å²) in [5.41, 5.74) is -0.462. The fourth-order valence-corrected chi connectivity index (χ4v) is 3.91. The lowest BCUT2D eigenvalue weighted by Gasteiger charge is -2.29. The van der Waals surface area contributed by atoms with E-state index in [0.29, 0.717) is 17.6 Å². The summed E-state index contributed by atoms with van der Waals surface area (Å²) >= 11 is 3.26. The number of pyridine rings is 1. The highest BCUT2D eigenvalue weighted by Crippen LogP contribution is 2.39. The predicted molar refractivity (Wildman–Crippen MR) is 120 cm³/mol. The Bertz CT molecular complexity index is 972. The second kappa shape index (κ2) is 9.84. The van der Waals surface area contributed by atoms with Crippen molar-refractivity contribution in [3.05, 3.63) is 46.1 Å². The van der Waals surface area contributed by atoms with Crippen molar-refractivity contribution in [1.29, 1.82) is 0 Å². The molecule has 2 amide bonds. The lowest BCUT2D eigenvalue weighted by atomic mass is 9.85. The number of nitrogens with one attached hydrogen (secondary N) is 1.